The Morgan fingerprint density at radius 1 is 1.17 bits per heavy atom. The lowest BCUT2D eigenvalue weighted by Gasteiger charge is -2.06. The molecule has 2 aromatic carbocycles. The van der Waals surface area contributed by atoms with Gasteiger partial charge in [-0.25, -0.2) is 0 Å². The summed E-state index contributed by atoms with van der Waals surface area (Å²) in [5, 5.41) is 0. The van der Waals surface area contributed by atoms with Crippen molar-refractivity contribution in [2.75, 3.05) is 5.73 Å². The van der Waals surface area contributed by atoms with Crippen LogP contribution in [0.2, 0.25) is 0 Å². The molecule has 0 saturated carbocycles. The molecule has 92 valence electrons. The molecule has 0 bridgehead atoms. The van der Waals surface area contributed by atoms with Gasteiger partial charge in [-0.15, -0.1) is 0 Å². The molecule has 0 spiro atoms. The lowest BCUT2D eigenvalue weighted by molar-refractivity contribution is 0.103. The lowest BCUT2D eigenvalue weighted by Crippen LogP contribution is -2.05. The van der Waals surface area contributed by atoms with Gasteiger partial charge in [0.25, 0.3) is 0 Å². The summed E-state index contributed by atoms with van der Waals surface area (Å²) in [6, 6.07) is 13.0. The first-order valence-electron chi connectivity index (χ1n) is 5.80. The van der Waals surface area contributed by atoms with Crippen LogP contribution in [0.15, 0.2) is 46.9 Å². The normalized spacial score (nSPS) is 10.3. The Morgan fingerprint density at radius 2 is 1.83 bits per heavy atom. The van der Waals surface area contributed by atoms with Gasteiger partial charge in [-0.2, -0.15) is 0 Å². The first kappa shape index (κ1) is 12.8. The van der Waals surface area contributed by atoms with Crippen LogP contribution in [0, 0.1) is 0 Å². The summed E-state index contributed by atoms with van der Waals surface area (Å²) in [6.07, 6.45) is 0.966. The second-order valence-electron chi connectivity index (χ2n) is 4.11. The molecule has 0 aliphatic carbocycles. The van der Waals surface area contributed by atoms with Gasteiger partial charge in [-0.3, -0.25) is 4.79 Å². The molecule has 0 atom stereocenters. The fourth-order valence-corrected chi connectivity index (χ4v) is 2.13. The number of ketones is 1. The number of hydrogen-bond donors (Lipinski definition) is 1. The Bertz CT molecular complexity index is 576. The number of nitrogens with two attached hydrogens (primary N) is 1. The van der Waals surface area contributed by atoms with Crippen LogP contribution < -0.4 is 5.73 Å². The molecule has 0 aliphatic heterocycles. The van der Waals surface area contributed by atoms with Crippen LogP contribution in [0.25, 0.3) is 0 Å². The number of aryl methyl sites for hydroxylation is 1. The number of rotatable bonds is 3. The van der Waals surface area contributed by atoms with E-state index in [4.69, 9.17) is 5.73 Å². The number of benzene rings is 2. The highest BCUT2D eigenvalue weighted by Crippen LogP contribution is 2.21. The highest BCUT2D eigenvalue weighted by Gasteiger charge is 2.12. The van der Waals surface area contributed by atoms with Crippen LogP contribution >= 0.6 is 15.9 Å². The topological polar surface area (TPSA) is 43.1 Å². The predicted molar refractivity (Wildman–Crippen MR) is 77.8 cm³/mol. The summed E-state index contributed by atoms with van der Waals surface area (Å²) < 4.78 is 0.852. The quantitative estimate of drug-likeness (QED) is 0.692. The maximum Gasteiger partial charge on any atom is 0.195 e. The highest BCUT2D eigenvalue weighted by molar-refractivity contribution is 9.10. The third kappa shape index (κ3) is 2.62. The lowest BCUT2D eigenvalue weighted by atomic mass is 10.0. The van der Waals surface area contributed by atoms with Crippen molar-refractivity contribution in [3.8, 4) is 0 Å². The molecule has 0 aromatic heterocycles. The molecule has 2 aromatic rings. The fraction of sp³-hybridized carbons (Fsp3) is 0.133. The molecule has 0 unspecified atom stereocenters. The highest BCUT2D eigenvalue weighted by atomic mass is 79.9. The number of carbonyl (C=O) groups excluding carboxylic acids is 1. The number of hydrogen-bond acceptors (Lipinski definition) is 2. The average Bonchev–Trinajstić information content (AvgIpc) is 2.41. The second kappa shape index (κ2) is 5.36. The third-order valence-corrected chi connectivity index (χ3v) is 3.38. The standard InChI is InChI=1S/C15H14BrNO/c1-2-10-3-5-11(6-4-10)15(18)13-9-12(16)7-8-14(13)17/h3-9H,2,17H2,1H3. The largest absolute Gasteiger partial charge is 0.398 e. The average molecular weight is 304 g/mol. The van der Waals surface area contributed by atoms with Crippen molar-refractivity contribution in [3.05, 3.63) is 63.6 Å². The van der Waals surface area contributed by atoms with Crippen molar-refractivity contribution in [1.29, 1.82) is 0 Å². The number of nitrogen functional groups attached to an aromatic ring is 1. The third-order valence-electron chi connectivity index (χ3n) is 2.88. The fourth-order valence-electron chi connectivity index (χ4n) is 1.77. The zero-order valence-electron chi connectivity index (χ0n) is 10.1. The van der Waals surface area contributed by atoms with Crippen LogP contribution in [0.4, 0.5) is 5.69 Å². The van der Waals surface area contributed by atoms with Gasteiger partial charge in [0.2, 0.25) is 0 Å². The molecule has 0 amide bonds. The molecule has 2 nitrogen and oxygen atoms in total. The zero-order valence-corrected chi connectivity index (χ0v) is 11.7. The van der Waals surface area contributed by atoms with Crippen LogP contribution in [0.3, 0.4) is 0 Å². The van der Waals surface area contributed by atoms with Gasteiger partial charge < -0.3 is 5.73 Å². The second-order valence-corrected chi connectivity index (χ2v) is 5.03. The minimum absolute atomic E-state index is 0.0450. The number of carbonyl (C=O) groups is 1. The summed E-state index contributed by atoms with van der Waals surface area (Å²) in [7, 11) is 0. The Kier molecular flexibility index (Phi) is 3.82. The van der Waals surface area contributed by atoms with E-state index in [1.807, 2.05) is 30.3 Å². The van der Waals surface area contributed by atoms with Crippen molar-refractivity contribution < 1.29 is 4.79 Å². The molecular weight excluding hydrogens is 290 g/mol. The smallest absolute Gasteiger partial charge is 0.195 e. The van der Waals surface area contributed by atoms with E-state index >= 15 is 0 Å². The van der Waals surface area contributed by atoms with E-state index in [2.05, 4.69) is 22.9 Å². The SMILES string of the molecule is CCc1ccc(C(=O)c2cc(Br)ccc2N)cc1. The molecule has 0 saturated heterocycles. The van der Waals surface area contributed by atoms with E-state index in [0.717, 1.165) is 10.9 Å². The summed E-state index contributed by atoms with van der Waals surface area (Å²) in [6.45, 7) is 2.09. The molecule has 0 aliphatic rings. The Morgan fingerprint density at radius 3 is 2.44 bits per heavy atom. The monoisotopic (exact) mass is 303 g/mol. The van der Waals surface area contributed by atoms with Gasteiger partial charge in [-0.1, -0.05) is 47.1 Å². The summed E-state index contributed by atoms with van der Waals surface area (Å²) in [5.74, 6) is -0.0450. The van der Waals surface area contributed by atoms with Crippen LogP contribution in [-0.2, 0) is 6.42 Å². The molecule has 0 fully saturated rings. The Hall–Kier alpha value is -1.61. The van der Waals surface area contributed by atoms with Crippen molar-refractivity contribution in [2.45, 2.75) is 13.3 Å². The number of anilines is 1. The van der Waals surface area contributed by atoms with Gasteiger partial charge >= 0.3 is 0 Å². The molecule has 0 heterocycles. The van der Waals surface area contributed by atoms with Crippen molar-refractivity contribution >= 4 is 27.4 Å². The van der Waals surface area contributed by atoms with Gasteiger partial charge in [0.05, 0.1) is 0 Å². The van der Waals surface area contributed by atoms with Crippen molar-refractivity contribution in [2.24, 2.45) is 0 Å². The van der Waals surface area contributed by atoms with E-state index in [1.165, 1.54) is 5.56 Å². The first-order chi connectivity index (χ1) is 8.61. The van der Waals surface area contributed by atoms with Crippen molar-refractivity contribution in [1.82, 2.24) is 0 Å². The van der Waals surface area contributed by atoms with Crippen LogP contribution in [0.1, 0.15) is 28.4 Å². The molecule has 18 heavy (non-hydrogen) atoms. The van der Waals surface area contributed by atoms with E-state index in [-0.39, 0.29) is 5.78 Å². The van der Waals surface area contributed by atoms with E-state index in [1.54, 1.807) is 12.1 Å². The molecule has 2 rings (SSSR count). The van der Waals surface area contributed by atoms with E-state index < -0.39 is 0 Å². The predicted octanol–water partition coefficient (Wildman–Crippen LogP) is 3.82. The molecule has 0 radical (unpaired) electrons. The maximum atomic E-state index is 12.3. The van der Waals surface area contributed by atoms with Crippen molar-refractivity contribution in [3.63, 3.8) is 0 Å². The van der Waals surface area contributed by atoms with Gasteiger partial charge in [0.1, 0.15) is 0 Å². The minimum atomic E-state index is -0.0450. The number of halogens is 1. The zero-order chi connectivity index (χ0) is 13.1. The molecule has 2 N–H and O–H groups in total. The molecule has 3 heteroatoms. The van der Waals surface area contributed by atoms with Gasteiger partial charge in [0.15, 0.2) is 5.78 Å². The Labute approximate surface area is 115 Å². The Balaban J connectivity index is 2.38. The minimum Gasteiger partial charge on any atom is -0.398 e. The van der Waals surface area contributed by atoms with Crippen LogP contribution in [-0.4, -0.2) is 5.78 Å². The summed E-state index contributed by atoms with van der Waals surface area (Å²) in [5.41, 5.74) is 8.76. The summed E-state index contributed by atoms with van der Waals surface area (Å²) in [4.78, 5) is 12.3. The van der Waals surface area contributed by atoms with Crippen LogP contribution in [0.5, 0.6) is 0 Å². The summed E-state index contributed by atoms with van der Waals surface area (Å²) >= 11 is 3.35. The van der Waals surface area contributed by atoms with Gasteiger partial charge in [-0.05, 0) is 30.2 Å². The van der Waals surface area contributed by atoms with Gasteiger partial charge in [0, 0.05) is 21.3 Å². The maximum absolute atomic E-state index is 12.3. The van der Waals surface area contributed by atoms with E-state index in [0.29, 0.717) is 16.8 Å². The molecular formula is C15H14BrNO. The van der Waals surface area contributed by atoms with E-state index in [9.17, 15) is 4.79 Å². The first-order valence-corrected chi connectivity index (χ1v) is 6.59.